The molecule has 0 spiro atoms. The Morgan fingerprint density at radius 3 is 2.29 bits per heavy atom. The molecule has 0 amide bonds. The minimum absolute atomic E-state index is 0.102. The van der Waals surface area contributed by atoms with Gasteiger partial charge in [-0.3, -0.25) is 9.97 Å². The third-order valence-electron chi connectivity index (χ3n) is 6.88. The lowest BCUT2D eigenvalue weighted by Crippen LogP contribution is -2.29. The van der Waals surface area contributed by atoms with Crippen molar-refractivity contribution in [2.45, 2.75) is 25.9 Å². The largest absolute Gasteiger partial charge is 0.457 e. The highest BCUT2D eigenvalue weighted by molar-refractivity contribution is 7.80. The molecule has 7 heteroatoms. The van der Waals surface area contributed by atoms with Crippen LogP contribution in [0.3, 0.4) is 0 Å². The standard InChI is InChI=1S/C31H27N5OS/c1-21-19-27(22(2)35(21)24-9-8-17-32-20-24)30-29(28-12-6-7-18-33-28)34-31(38)36(30)23-13-15-26(16-14-23)37-25-10-4-3-5-11-25/h3-20,29-30H,1-2H3,(H,34,38)/t29-,30+/m0/s1. The Hall–Kier alpha value is -4.49. The Balaban J connectivity index is 1.42. The Bertz CT molecular complexity index is 1550. The quantitative estimate of drug-likeness (QED) is 0.249. The molecule has 6 rings (SSSR count). The van der Waals surface area contributed by atoms with Crippen molar-refractivity contribution in [2.75, 3.05) is 4.90 Å². The number of aryl methyl sites for hydroxylation is 1. The lowest BCUT2D eigenvalue weighted by atomic mass is 9.96. The van der Waals surface area contributed by atoms with Gasteiger partial charge in [0.05, 0.1) is 29.7 Å². The molecule has 1 fully saturated rings. The molecule has 2 atom stereocenters. The molecule has 1 aliphatic heterocycles. The van der Waals surface area contributed by atoms with Gasteiger partial charge in [0.1, 0.15) is 11.5 Å². The zero-order valence-corrected chi connectivity index (χ0v) is 22.0. The van der Waals surface area contributed by atoms with Crippen molar-refractivity contribution in [3.8, 4) is 17.2 Å². The third-order valence-corrected chi connectivity index (χ3v) is 7.20. The molecule has 0 bridgehead atoms. The van der Waals surface area contributed by atoms with Crippen LogP contribution in [-0.4, -0.2) is 19.6 Å². The van der Waals surface area contributed by atoms with Crippen LogP contribution in [0.2, 0.25) is 0 Å². The molecular formula is C31H27N5OS. The summed E-state index contributed by atoms with van der Waals surface area (Å²) in [5.41, 5.74) is 6.41. The van der Waals surface area contributed by atoms with Gasteiger partial charge in [0, 0.05) is 29.5 Å². The van der Waals surface area contributed by atoms with E-state index in [2.05, 4.69) is 57.9 Å². The van der Waals surface area contributed by atoms with Crippen LogP contribution < -0.4 is 15.0 Å². The van der Waals surface area contributed by atoms with E-state index in [0.29, 0.717) is 5.11 Å². The number of nitrogens with zero attached hydrogens (tertiary/aromatic N) is 4. The van der Waals surface area contributed by atoms with Crippen LogP contribution >= 0.6 is 12.2 Å². The van der Waals surface area contributed by atoms with Crippen LogP contribution in [0.1, 0.15) is 34.7 Å². The highest BCUT2D eigenvalue weighted by Crippen LogP contribution is 2.44. The molecule has 0 unspecified atom stereocenters. The number of rotatable bonds is 6. The molecule has 4 heterocycles. The van der Waals surface area contributed by atoms with E-state index in [1.54, 1.807) is 6.20 Å². The van der Waals surface area contributed by atoms with Crippen molar-refractivity contribution in [2.24, 2.45) is 0 Å². The molecule has 0 saturated carbocycles. The fraction of sp³-hybridized carbons (Fsp3) is 0.129. The maximum atomic E-state index is 6.03. The smallest absolute Gasteiger partial charge is 0.174 e. The fourth-order valence-electron chi connectivity index (χ4n) is 5.22. The summed E-state index contributed by atoms with van der Waals surface area (Å²) in [5.74, 6) is 1.57. The highest BCUT2D eigenvalue weighted by atomic mass is 32.1. The molecule has 2 aromatic carbocycles. The molecule has 38 heavy (non-hydrogen) atoms. The fourth-order valence-corrected chi connectivity index (χ4v) is 5.56. The number of thiocarbonyl (C=S) groups is 1. The topological polar surface area (TPSA) is 55.2 Å². The lowest BCUT2D eigenvalue weighted by Gasteiger charge is -2.28. The van der Waals surface area contributed by atoms with Crippen LogP contribution in [0.4, 0.5) is 5.69 Å². The highest BCUT2D eigenvalue weighted by Gasteiger charge is 2.42. The van der Waals surface area contributed by atoms with Gasteiger partial charge < -0.3 is 19.5 Å². The number of aromatic nitrogens is 3. The predicted octanol–water partition coefficient (Wildman–Crippen LogP) is 6.85. The zero-order chi connectivity index (χ0) is 26.1. The molecule has 1 aliphatic rings. The zero-order valence-electron chi connectivity index (χ0n) is 21.2. The summed E-state index contributed by atoms with van der Waals surface area (Å²) >= 11 is 5.93. The minimum atomic E-state index is -0.119. The number of anilines is 1. The second-order valence-corrected chi connectivity index (χ2v) is 9.67. The molecule has 1 saturated heterocycles. The Morgan fingerprint density at radius 1 is 0.816 bits per heavy atom. The number of hydrogen-bond acceptors (Lipinski definition) is 4. The van der Waals surface area contributed by atoms with E-state index in [1.807, 2.05) is 79.1 Å². The van der Waals surface area contributed by atoms with Gasteiger partial charge in [-0.05, 0) is 98.4 Å². The summed E-state index contributed by atoms with van der Waals surface area (Å²) in [4.78, 5) is 11.2. The second-order valence-electron chi connectivity index (χ2n) is 9.28. The van der Waals surface area contributed by atoms with Crippen molar-refractivity contribution in [1.29, 1.82) is 0 Å². The van der Waals surface area contributed by atoms with Crippen molar-refractivity contribution in [3.63, 3.8) is 0 Å². The molecule has 5 aromatic rings. The van der Waals surface area contributed by atoms with E-state index < -0.39 is 0 Å². The number of para-hydroxylation sites is 1. The first kappa shape index (κ1) is 23.9. The van der Waals surface area contributed by atoms with Crippen molar-refractivity contribution >= 4 is 23.0 Å². The predicted molar refractivity (Wildman–Crippen MR) is 154 cm³/mol. The summed E-state index contributed by atoms with van der Waals surface area (Å²) in [5, 5.41) is 4.22. The molecule has 6 nitrogen and oxygen atoms in total. The number of ether oxygens (including phenoxy) is 1. The van der Waals surface area contributed by atoms with Gasteiger partial charge in [0.2, 0.25) is 0 Å². The molecule has 0 aliphatic carbocycles. The first-order chi connectivity index (χ1) is 18.6. The van der Waals surface area contributed by atoms with E-state index in [1.165, 1.54) is 5.56 Å². The van der Waals surface area contributed by atoms with Crippen molar-refractivity contribution in [1.82, 2.24) is 19.9 Å². The van der Waals surface area contributed by atoms with Gasteiger partial charge in [-0.1, -0.05) is 24.3 Å². The van der Waals surface area contributed by atoms with E-state index in [-0.39, 0.29) is 12.1 Å². The number of benzene rings is 2. The summed E-state index contributed by atoms with van der Waals surface area (Å²) in [6.45, 7) is 4.28. The van der Waals surface area contributed by atoms with Gasteiger partial charge in [-0.15, -0.1) is 0 Å². The van der Waals surface area contributed by atoms with E-state index in [9.17, 15) is 0 Å². The number of nitrogens with one attached hydrogen (secondary N) is 1. The molecule has 188 valence electrons. The lowest BCUT2D eigenvalue weighted by molar-refractivity contribution is 0.482. The van der Waals surface area contributed by atoms with Gasteiger partial charge in [-0.2, -0.15) is 0 Å². The van der Waals surface area contributed by atoms with Gasteiger partial charge in [-0.25, -0.2) is 0 Å². The van der Waals surface area contributed by atoms with Crippen LogP contribution in [0.5, 0.6) is 11.5 Å². The van der Waals surface area contributed by atoms with E-state index in [4.69, 9.17) is 21.9 Å². The summed E-state index contributed by atoms with van der Waals surface area (Å²) < 4.78 is 8.27. The third kappa shape index (κ3) is 4.41. The van der Waals surface area contributed by atoms with Gasteiger partial charge in [0.15, 0.2) is 5.11 Å². The van der Waals surface area contributed by atoms with Crippen molar-refractivity contribution < 1.29 is 4.74 Å². The molecule has 1 N–H and O–H groups in total. The SMILES string of the molecule is Cc1cc([C@@H]2[C@H](c3ccccn3)NC(=S)N2c2ccc(Oc3ccccc3)cc2)c(C)n1-c1cccnc1. The normalized spacial score (nSPS) is 16.9. The van der Waals surface area contributed by atoms with E-state index >= 15 is 0 Å². The van der Waals surface area contributed by atoms with Crippen LogP contribution in [0, 0.1) is 13.8 Å². The Labute approximate surface area is 227 Å². The second kappa shape index (κ2) is 10.1. The average molecular weight is 518 g/mol. The van der Waals surface area contributed by atoms with Crippen LogP contribution in [0.25, 0.3) is 5.69 Å². The maximum Gasteiger partial charge on any atom is 0.174 e. The Morgan fingerprint density at radius 2 is 1.58 bits per heavy atom. The maximum absolute atomic E-state index is 6.03. The number of pyridine rings is 2. The molecule has 0 radical (unpaired) electrons. The molecule has 3 aromatic heterocycles. The summed E-state index contributed by atoms with van der Waals surface area (Å²) in [6.07, 6.45) is 5.51. The van der Waals surface area contributed by atoms with Gasteiger partial charge in [0.25, 0.3) is 0 Å². The molecular weight excluding hydrogens is 490 g/mol. The van der Waals surface area contributed by atoms with Crippen LogP contribution in [0.15, 0.2) is 110 Å². The Kier molecular flexibility index (Phi) is 6.35. The monoisotopic (exact) mass is 517 g/mol. The first-order valence-electron chi connectivity index (χ1n) is 12.5. The summed E-state index contributed by atoms with van der Waals surface area (Å²) in [6, 6.07) is 29.9. The minimum Gasteiger partial charge on any atom is -0.457 e. The van der Waals surface area contributed by atoms with Crippen LogP contribution in [-0.2, 0) is 0 Å². The summed E-state index contributed by atoms with van der Waals surface area (Å²) in [7, 11) is 0. The number of hydrogen-bond donors (Lipinski definition) is 1. The van der Waals surface area contributed by atoms with Crippen molar-refractivity contribution in [3.05, 3.63) is 132 Å². The average Bonchev–Trinajstić information content (AvgIpc) is 3.45. The van der Waals surface area contributed by atoms with E-state index in [0.717, 1.165) is 40.0 Å². The van der Waals surface area contributed by atoms with Gasteiger partial charge >= 0.3 is 0 Å². The first-order valence-corrected chi connectivity index (χ1v) is 12.9.